The summed E-state index contributed by atoms with van der Waals surface area (Å²) in [5.41, 5.74) is 0.577. The SMILES string of the molecule is CC1(O)CN(C(=O)c2cccc3cccnc23)C1. The lowest BCUT2D eigenvalue weighted by molar-refractivity contribution is -0.0668. The number of likely N-dealkylation sites (tertiary alicyclic amines) is 1. The smallest absolute Gasteiger partial charge is 0.256 e. The standard InChI is InChI=1S/C14H14N2O2/c1-14(18)8-16(9-14)13(17)11-6-2-4-10-5-3-7-15-12(10)11/h2-7,18H,8-9H2,1H3. The number of carbonyl (C=O) groups is 1. The number of aliphatic hydroxyl groups is 1. The van der Waals surface area contributed by atoms with Gasteiger partial charge in [-0.2, -0.15) is 0 Å². The maximum atomic E-state index is 12.3. The highest BCUT2D eigenvalue weighted by Crippen LogP contribution is 2.24. The van der Waals surface area contributed by atoms with E-state index in [-0.39, 0.29) is 5.91 Å². The molecule has 3 rings (SSSR count). The molecule has 1 aromatic heterocycles. The van der Waals surface area contributed by atoms with Crippen molar-refractivity contribution in [3.05, 3.63) is 42.1 Å². The zero-order valence-electron chi connectivity index (χ0n) is 10.1. The van der Waals surface area contributed by atoms with Gasteiger partial charge < -0.3 is 10.0 Å². The molecule has 0 bridgehead atoms. The van der Waals surface area contributed by atoms with Crippen LogP contribution in [0, 0.1) is 0 Å². The van der Waals surface area contributed by atoms with Gasteiger partial charge in [0.2, 0.25) is 0 Å². The highest BCUT2D eigenvalue weighted by Gasteiger charge is 2.40. The second kappa shape index (κ2) is 3.78. The van der Waals surface area contributed by atoms with Crippen molar-refractivity contribution in [2.75, 3.05) is 13.1 Å². The van der Waals surface area contributed by atoms with Crippen molar-refractivity contribution in [3.63, 3.8) is 0 Å². The summed E-state index contributed by atoms with van der Waals surface area (Å²) in [6.45, 7) is 2.50. The summed E-state index contributed by atoms with van der Waals surface area (Å²) in [5.74, 6) is -0.0641. The molecule has 4 nitrogen and oxygen atoms in total. The van der Waals surface area contributed by atoms with Gasteiger partial charge in [-0.3, -0.25) is 9.78 Å². The highest BCUT2D eigenvalue weighted by atomic mass is 16.3. The number of rotatable bonds is 1. The molecule has 2 heterocycles. The van der Waals surface area contributed by atoms with Crippen LogP contribution in [0.3, 0.4) is 0 Å². The van der Waals surface area contributed by atoms with Crippen molar-refractivity contribution >= 4 is 16.8 Å². The minimum atomic E-state index is -0.742. The molecule has 1 saturated heterocycles. The van der Waals surface area contributed by atoms with E-state index in [4.69, 9.17) is 0 Å². The second-order valence-electron chi connectivity index (χ2n) is 5.04. The third-order valence-corrected chi connectivity index (χ3v) is 3.21. The number of fused-ring (bicyclic) bond motifs is 1. The van der Waals surface area contributed by atoms with E-state index in [0.717, 1.165) is 10.9 Å². The lowest BCUT2D eigenvalue weighted by Gasteiger charge is -2.44. The van der Waals surface area contributed by atoms with E-state index in [1.807, 2.05) is 24.3 Å². The van der Waals surface area contributed by atoms with Gasteiger partial charge in [0.15, 0.2) is 0 Å². The van der Waals surface area contributed by atoms with Crippen LogP contribution in [0.5, 0.6) is 0 Å². The number of pyridine rings is 1. The Bertz CT molecular complexity index is 609. The molecule has 92 valence electrons. The first-order chi connectivity index (χ1) is 8.57. The number of hydrogen-bond acceptors (Lipinski definition) is 3. The molecule has 1 fully saturated rings. The Morgan fingerprint density at radius 1 is 1.33 bits per heavy atom. The highest BCUT2D eigenvalue weighted by molar-refractivity contribution is 6.05. The van der Waals surface area contributed by atoms with Gasteiger partial charge in [0, 0.05) is 11.6 Å². The van der Waals surface area contributed by atoms with E-state index in [9.17, 15) is 9.90 Å². The van der Waals surface area contributed by atoms with E-state index in [0.29, 0.717) is 18.7 Å². The third kappa shape index (κ3) is 1.75. The van der Waals surface area contributed by atoms with Crippen molar-refractivity contribution in [2.45, 2.75) is 12.5 Å². The summed E-state index contributed by atoms with van der Waals surface area (Å²) >= 11 is 0. The van der Waals surface area contributed by atoms with Crippen molar-refractivity contribution in [3.8, 4) is 0 Å². The van der Waals surface area contributed by atoms with Crippen LogP contribution in [0.25, 0.3) is 10.9 Å². The molecule has 0 spiro atoms. The van der Waals surface area contributed by atoms with Gasteiger partial charge in [-0.25, -0.2) is 0 Å². The number of para-hydroxylation sites is 1. The average molecular weight is 242 g/mol. The van der Waals surface area contributed by atoms with Crippen LogP contribution in [0.2, 0.25) is 0 Å². The van der Waals surface area contributed by atoms with Crippen LogP contribution in [-0.2, 0) is 0 Å². The van der Waals surface area contributed by atoms with Crippen molar-refractivity contribution in [2.24, 2.45) is 0 Å². The molecular formula is C14H14N2O2. The van der Waals surface area contributed by atoms with E-state index >= 15 is 0 Å². The molecule has 0 saturated carbocycles. The third-order valence-electron chi connectivity index (χ3n) is 3.21. The Hall–Kier alpha value is -1.94. The molecule has 2 aromatic rings. The first-order valence-electron chi connectivity index (χ1n) is 5.92. The van der Waals surface area contributed by atoms with Gasteiger partial charge >= 0.3 is 0 Å². The van der Waals surface area contributed by atoms with Crippen LogP contribution in [0.4, 0.5) is 0 Å². The quantitative estimate of drug-likeness (QED) is 0.823. The second-order valence-corrected chi connectivity index (χ2v) is 5.04. The monoisotopic (exact) mass is 242 g/mol. The Morgan fingerprint density at radius 3 is 2.78 bits per heavy atom. The van der Waals surface area contributed by atoms with E-state index in [1.165, 1.54) is 0 Å². The average Bonchev–Trinajstić information content (AvgIpc) is 2.34. The fraction of sp³-hybridized carbons (Fsp3) is 0.286. The van der Waals surface area contributed by atoms with Gasteiger partial charge in [0.25, 0.3) is 5.91 Å². The molecule has 1 aliphatic heterocycles. The summed E-state index contributed by atoms with van der Waals surface area (Å²) in [5, 5.41) is 10.6. The van der Waals surface area contributed by atoms with E-state index < -0.39 is 5.60 Å². The van der Waals surface area contributed by atoms with Crippen molar-refractivity contribution in [1.29, 1.82) is 0 Å². The minimum Gasteiger partial charge on any atom is -0.386 e. The number of hydrogen-bond donors (Lipinski definition) is 1. The Balaban J connectivity index is 1.98. The molecule has 1 N–H and O–H groups in total. The van der Waals surface area contributed by atoms with Crippen LogP contribution in [0.1, 0.15) is 17.3 Å². The molecule has 4 heteroatoms. The van der Waals surface area contributed by atoms with Crippen LogP contribution in [-0.4, -0.2) is 39.6 Å². The molecule has 0 radical (unpaired) electrons. The topological polar surface area (TPSA) is 53.4 Å². The largest absolute Gasteiger partial charge is 0.386 e. The van der Waals surface area contributed by atoms with Gasteiger partial charge in [-0.05, 0) is 19.1 Å². The zero-order valence-corrected chi connectivity index (χ0v) is 10.1. The predicted molar refractivity (Wildman–Crippen MR) is 68.3 cm³/mol. The number of β-amino-alcohol motifs (C(OH)–C–C–N with tert-alkyl or cyclic N) is 1. The molecule has 1 amide bonds. The number of amides is 1. The molecular weight excluding hydrogens is 228 g/mol. The van der Waals surface area contributed by atoms with Crippen LogP contribution < -0.4 is 0 Å². The number of carbonyl (C=O) groups excluding carboxylic acids is 1. The summed E-state index contributed by atoms with van der Waals surface area (Å²) in [7, 11) is 0. The summed E-state index contributed by atoms with van der Waals surface area (Å²) in [6.07, 6.45) is 1.69. The van der Waals surface area contributed by atoms with Crippen molar-refractivity contribution in [1.82, 2.24) is 9.88 Å². The fourth-order valence-electron chi connectivity index (χ4n) is 2.37. The Morgan fingerprint density at radius 2 is 2.06 bits per heavy atom. The molecule has 1 aromatic carbocycles. The maximum absolute atomic E-state index is 12.3. The molecule has 18 heavy (non-hydrogen) atoms. The molecule has 1 aliphatic rings. The number of nitrogens with zero attached hydrogens (tertiary/aromatic N) is 2. The number of benzene rings is 1. The van der Waals surface area contributed by atoms with E-state index in [1.54, 1.807) is 24.1 Å². The Kier molecular flexibility index (Phi) is 2.35. The zero-order chi connectivity index (χ0) is 12.8. The number of aromatic nitrogens is 1. The van der Waals surface area contributed by atoms with Gasteiger partial charge in [0.1, 0.15) is 0 Å². The minimum absolute atomic E-state index is 0.0641. The summed E-state index contributed by atoms with van der Waals surface area (Å²) < 4.78 is 0. The predicted octanol–water partition coefficient (Wildman–Crippen LogP) is 1.44. The molecule has 0 unspecified atom stereocenters. The normalized spacial score (nSPS) is 17.6. The first kappa shape index (κ1) is 11.2. The molecule has 0 atom stereocenters. The maximum Gasteiger partial charge on any atom is 0.256 e. The van der Waals surface area contributed by atoms with Crippen LogP contribution >= 0.6 is 0 Å². The lowest BCUT2D eigenvalue weighted by atomic mass is 9.95. The van der Waals surface area contributed by atoms with Gasteiger partial charge in [0.05, 0.1) is 29.8 Å². The Labute approximate surface area is 105 Å². The fourth-order valence-corrected chi connectivity index (χ4v) is 2.37. The van der Waals surface area contributed by atoms with E-state index in [2.05, 4.69) is 4.98 Å². The first-order valence-corrected chi connectivity index (χ1v) is 5.92. The van der Waals surface area contributed by atoms with Crippen LogP contribution in [0.15, 0.2) is 36.5 Å². The van der Waals surface area contributed by atoms with Gasteiger partial charge in [-0.1, -0.05) is 18.2 Å². The van der Waals surface area contributed by atoms with Crippen molar-refractivity contribution < 1.29 is 9.90 Å². The lowest BCUT2D eigenvalue weighted by Crippen LogP contribution is -2.61. The summed E-state index contributed by atoms with van der Waals surface area (Å²) in [6, 6.07) is 9.36. The molecule has 0 aliphatic carbocycles. The summed E-state index contributed by atoms with van der Waals surface area (Å²) in [4.78, 5) is 18.2. The van der Waals surface area contributed by atoms with Gasteiger partial charge in [-0.15, -0.1) is 0 Å².